The van der Waals surface area contributed by atoms with Gasteiger partial charge in [0.15, 0.2) is 0 Å². The molecule has 1 N–H and O–H groups in total. The number of nitrogens with one attached hydrogen (secondary N) is 1. The Hall–Kier alpha value is -3.21. The van der Waals surface area contributed by atoms with Crippen LogP contribution in [-0.4, -0.2) is 19.1 Å². The molecule has 0 unspecified atom stereocenters. The van der Waals surface area contributed by atoms with Crippen LogP contribution in [0.4, 0.5) is 0 Å². The highest BCUT2D eigenvalue weighted by Gasteiger charge is 2.16. The van der Waals surface area contributed by atoms with Crippen LogP contribution >= 0.6 is 0 Å². The molecule has 1 aromatic carbocycles. The van der Waals surface area contributed by atoms with Gasteiger partial charge in [-0.15, -0.1) is 0 Å². The molecule has 0 saturated heterocycles. The van der Waals surface area contributed by atoms with Gasteiger partial charge in [0.2, 0.25) is 0 Å². The van der Waals surface area contributed by atoms with Gasteiger partial charge in [0, 0.05) is 17.6 Å². The van der Waals surface area contributed by atoms with Crippen molar-refractivity contribution >= 4 is 11.0 Å². The van der Waals surface area contributed by atoms with E-state index in [0.717, 1.165) is 33.7 Å². The zero-order valence-corrected chi connectivity index (χ0v) is 14.3. The van der Waals surface area contributed by atoms with Gasteiger partial charge in [-0.25, -0.2) is 4.98 Å². The molecule has 0 saturated carbocycles. The summed E-state index contributed by atoms with van der Waals surface area (Å²) in [5.41, 5.74) is 5.46. The number of aromatic nitrogens is 4. The standard InChI is InChI=1S/C20H19N5/c1-14-15(2)25(17-9-4-3-5-10-17)20-18(14)19(21)24(13-23-20)12-16-8-6-7-11-22-16/h3-11,13,21H,12H2,1-2H3. The fourth-order valence-electron chi connectivity index (χ4n) is 3.20. The first-order valence-electron chi connectivity index (χ1n) is 8.24. The predicted molar refractivity (Wildman–Crippen MR) is 97.7 cm³/mol. The fraction of sp³-hybridized carbons (Fsp3) is 0.150. The number of fused-ring (bicyclic) bond motifs is 1. The normalized spacial score (nSPS) is 11.1. The predicted octanol–water partition coefficient (Wildman–Crippen LogP) is 3.37. The Labute approximate surface area is 145 Å². The molecular formula is C20H19N5. The Morgan fingerprint density at radius 1 is 0.960 bits per heavy atom. The van der Waals surface area contributed by atoms with Crippen LogP contribution in [0.3, 0.4) is 0 Å². The van der Waals surface area contributed by atoms with Crippen LogP contribution < -0.4 is 5.49 Å². The molecule has 3 heterocycles. The summed E-state index contributed by atoms with van der Waals surface area (Å²) < 4.78 is 3.96. The van der Waals surface area contributed by atoms with Gasteiger partial charge in [-0.3, -0.25) is 15.0 Å². The smallest absolute Gasteiger partial charge is 0.150 e. The first kappa shape index (κ1) is 15.3. The van der Waals surface area contributed by atoms with Crippen LogP contribution in [-0.2, 0) is 6.54 Å². The van der Waals surface area contributed by atoms with Crippen molar-refractivity contribution in [2.45, 2.75) is 20.4 Å². The maximum absolute atomic E-state index is 8.68. The molecule has 25 heavy (non-hydrogen) atoms. The van der Waals surface area contributed by atoms with Gasteiger partial charge in [0.05, 0.1) is 24.0 Å². The molecule has 0 aliphatic heterocycles. The molecule has 0 aliphatic rings. The van der Waals surface area contributed by atoms with Gasteiger partial charge in [0.25, 0.3) is 0 Å². The van der Waals surface area contributed by atoms with Crippen LogP contribution in [0.5, 0.6) is 0 Å². The van der Waals surface area contributed by atoms with E-state index in [9.17, 15) is 0 Å². The topological polar surface area (TPSA) is 59.5 Å². The van der Waals surface area contributed by atoms with Crippen molar-refractivity contribution in [2.75, 3.05) is 0 Å². The van der Waals surface area contributed by atoms with E-state index in [2.05, 4.69) is 40.5 Å². The number of hydrogen-bond acceptors (Lipinski definition) is 3. The zero-order chi connectivity index (χ0) is 17.4. The highest BCUT2D eigenvalue weighted by Crippen LogP contribution is 2.24. The second-order valence-electron chi connectivity index (χ2n) is 6.12. The Bertz CT molecular complexity index is 1090. The number of hydrogen-bond donors (Lipinski definition) is 1. The van der Waals surface area contributed by atoms with E-state index < -0.39 is 0 Å². The molecule has 0 fully saturated rings. The largest absolute Gasteiger partial charge is 0.311 e. The minimum absolute atomic E-state index is 0.464. The minimum Gasteiger partial charge on any atom is -0.311 e. The Morgan fingerprint density at radius 2 is 1.72 bits per heavy atom. The highest BCUT2D eigenvalue weighted by atomic mass is 15.1. The number of rotatable bonds is 3. The molecular weight excluding hydrogens is 310 g/mol. The van der Waals surface area contributed by atoms with Crippen LogP contribution in [0.1, 0.15) is 17.0 Å². The van der Waals surface area contributed by atoms with E-state index in [1.165, 1.54) is 0 Å². The maximum Gasteiger partial charge on any atom is 0.150 e. The first-order chi connectivity index (χ1) is 12.2. The SMILES string of the molecule is Cc1c(C)n(-c2ccccc2)c2ncn(Cc3ccccn3)c(=N)c12. The molecule has 0 spiro atoms. The number of benzene rings is 1. The van der Waals surface area contributed by atoms with Crippen LogP contribution in [0.2, 0.25) is 0 Å². The van der Waals surface area contributed by atoms with Crippen molar-refractivity contribution in [3.63, 3.8) is 0 Å². The second kappa shape index (κ2) is 6.02. The summed E-state index contributed by atoms with van der Waals surface area (Å²) in [6.07, 6.45) is 3.50. The van der Waals surface area contributed by atoms with Gasteiger partial charge in [-0.05, 0) is 43.7 Å². The van der Waals surface area contributed by atoms with Gasteiger partial charge in [0.1, 0.15) is 11.1 Å². The summed E-state index contributed by atoms with van der Waals surface area (Å²) in [6, 6.07) is 16.0. The van der Waals surface area contributed by atoms with E-state index in [-0.39, 0.29) is 0 Å². The van der Waals surface area contributed by atoms with Crippen molar-refractivity contribution in [3.05, 3.63) is 83.5 Å². The van der Waals surface area contributed by atoms with Crippen molar-refractivity contribution < 1.29 is 0 Å². The molecule has 124 valence electrons. The third-order valence-corrected chi connectivity index (χ3v) is 4.60. The first-order valence-corrected chi connectivity index (χ1v) is 8.24. The molecule has 5 heteroatoms. The number of pyridine rings is 1. The summed E-state index contributed by atoms with van der Waals surface area (Å²) in [5.74, 6) is 0. The number of para-hydroxylation sites is 1. The quantitative estimate of drug-likeness (QED) is 0.626. The van der Waals surface area contributed by atoms with Gasteiger partial charge in [-0.2, -0.15) is 0 Å². The number of nitrogens with zero attached hydrogens (tertiary/aromatic N) is 4. The summed E-state index contributed by atoms with van der Waals surface area (Å²) >= 11 is 0. The lowest BCUT2D eigenvalue weighted by molar-refractivity contribution is 0.706. The summed E-state index contributed by atoms with van der Waals surface area (Å²) in [6.45, 7) is 4.67. The van der Waals surface area contributed by atoms with Crippen LogP contribution in [0, 0.1) is 19.3 Å². The van der Waals surface area contributed by atoms with E-state index in [1.807, 2.05) is 41.0 Å². The van der Waals surface area contributed by atoms with Crippen molar-refractivity contribution in [2.24, 2.45) is 0 Å². The van der Waals surface area contributed by atoms with Gasteiger partial charge < -0.3 is 4.57 Å². The lowest BCUT2D eigenvalue weighted by atomic mass is 10.2. The van der Waals surface area contributed by atoms with Crippen LogP contribution in [0.25, 0.3) is 16.7 Å². The van der Waals surface area contributed by atoms with Gasteiger partial charge in [-0.1, -0.05) is 24.3 Å². The molecule has 0 radical (unpaired) electrons. The van der Waals surface area contributed by atoms with Crippen molar-refractivity contribution in [3.8, 4) is 5.69 Å². The fourth-order valence-corrected chi connectivity index (χ4v) is 3.20. The Balaban J connectivity index is 1.91. The number of aryl methyl sites for hydroxylation is 1. The van der Waals surface area contributed by atoms with E-state index in [0.29, 0.717) is 12.0 Å². The highest BCUT2D eigenvalue weighted by molar-refractivity contribution is 5.82. The molecule has 0 aliphatic carbocycles. The van der Waals surface area contributed by atoms with Crippen LogP contribution in [0.15, 0.2) is 61.1 Å². The van der Waals surface area contributed by atoms with E-state index in [4.69, 9.17) is 5.41 Å². The molecule has 4 aromatic rings. The third-order valence-electron chi connectivity index (χ3n) is 4.60. The monoisotopic (exact) mass is 329 g/mol. The summed E-state index contributed by atoms with van der Waals surface area (Å²) in [4.78, 5) is 9.03. The van der Waals surface area contributed by atoms with Gasteiger partial charge >= 0.3 is 0 Å². The average molecular weight is 329 g/mol. The molecule has 5 nitrogen and oxygen atoms in total. The lowest BCUT2D eigenvalue weighted by Gasteiger charge is -2.09. The molecule has 0 amide bonds. The lowest BCUT2D eigenvalue weighted by Crippen LogP contribution is -2.22. The summed E-state index contributed by atoms with van der Waals surface area (Å²) in [7, 11) is 0. The molecule has 3 aromatic heterocycles. The second-order valence-corrected chi connectivity index (χ2v) is 6.12. The Kier molecular flexibility index (Phi) is 3.69. The zero-order valence-electron chi connectivity index (χ0n) is 14.3. The molecule has 0 atom stereocenters. The molecule has 0 bridgehead atoms. The average Bonchev–Trinajstić information content (AvgIpc) is 2.90. The molecule has 4 rings (SSSR count). The van der Waals surface area contributed by atoms with Crippen molar-refractivity contribution in [1.29, 1.82) is 5.41 Å². The van der Waals surface area contributed by atoms with E-state index in [1.54, 1.807) is 12.5 Å². The maximum atomic E-state index is 8.68. The summed E-state index contributed by atoms with van der Waals surface area (Å²) in [5, 5.41) is 9.57. The van der Waals surface area contributed by atoms with Crippen molar-refractivity contribution in [1.82, 2.24) is 19.1 Å². The van der Waals surface area contributed by atoms with E-state index >= 15 is 0 Å². The third kappa shape index (κ3) is 2.54. The minimum atomic E-state index is 0.464. The Morgan fingerprint density at radius 3 is 2.44 bits per heavy atom.